The van der Waals surface area contributed by atoms with E-state index in [1.807, 2.05) is 0 Å². The molecule has 0 aromatic carbocycles. The van der Waals surface area contributed by atoms with E-state index in [4.69, 9.17) is 5.11 Å². The molecule has 1 heterocycles. The van der Waals surface area contributed by atoms with Crippen LogP contribution >= 0.6 is 0 Å². The molecule has 1 saturated heterocycles. The van der Waals surface area contributed by atoms with Gasteiger partial charge in [0, 0.05) is 32.7 Å². The molecule has 1 aliphatic rings. The first-order valence-electron chi connectivity index (χ1n) is 8.40. The van der Waals surface area contributed by atoms with Crippen LogP contribution in [0.2, 0.25) is 0 Å². The fourth-order valence-corrected chi connectivity index (χ4v) is 2.95. The highest BCUT2D eigenvalue weighted by atomic mass is 16.3. The van der Waals surface area contributed by atoms with Gasteiger partial charge in [-0.1, -0.05) is 20.8 Å². The lowest BCUT2D eigenvalue weighted by molar-refractivity contribution is 0.153. The standard InChI is InChI=1S/C16H35N3O/c1-4-7-17-14-16(3,5-2)15-19-9-6-8-18(10-11-19)12-13-20/h17,20H,4-15H2,1-3H3. The summed E-state index contributed by atoms with van der Waals surface area (Å²) < 4.78 is 0. The zero-order valence-electron chi connectivity index (χ0n) is 13.8. The van der Waals surface area contributed by atoms with Crippen LogP contribution in [0.4, 0.5) is 0 Å². The minimum absolute atomic E-state index is 0.285. The predicted molar refractivity (Wildman–Crippen MR) is 86.1 cm³/mol. The molecule has 0 amide bonds. The lowest BCUT2D eigenvalue weighted by Crippen LogP contribution is -2.43. The molecule has 0 bridgehead atoms. The third kappa shape index (κ3) is 6.53. The second-order valence-electron chi connectivity index (χ2n) is 6.54. The summed E-state index contributed by atoms with van der Waals surface area (Å²) in [5.41, 5.74) is 0.376. The predicted octanol–water partition coefficient (Wildman–Crippen LogP) is 1.40. The normalized spacial score (nSPS) is 21.6. The van der Waals surface area contributed by atoms with Crippen molar-refractivity contribution in [1.29, 1.82) is 0 Å². The maximum atomic E-state index is 9.06. The molecule has 4 heteroatoms. The lowest BCUT2D eigenvalue weighted by atomic mass is 9.86. The molecule has 0 aromatic heterocycles. The second kappa shape index (κ2) is 9.72. The first-order valence-corrected chi connectivity index (χ1v) is 8.40. The van der Waals surface area contributed by atoms with Gasteiger partial charge in [-0.05, 0) is 44.3 Å². The van der Waals surface area contributed by atoms with E-state index in [1.165, 1.54) is 32.4 Å². The Hall–Kier alpha value is -0.160. The number of hydrogen-bond acceptors (Lipinski definition) is 4. The van der Waals surface area contributed by atoms with Gasteiger partial charge in [-0.3, -0.25) is 4.90 Å². The second-order valence-corrected chi connectivity index (χ2v) is 6.54. The molecule has 1 atom stereocenters. The minimum atomic E-state index is 0.285. The SMILES string of the molecule is CCCNCC(C)(CC)CN1CCCN(CCO)CC1. The molecule has 20 heavy (non-hydrogen) atoms. The summed E-state index contributed by atoms with van der Waals surface area (Å²) in [6.07, 6.45) is 3.66. The first-order chi connectivity index (χ1) is 9.63. The maximum absolute atomic E-state index is 9.06. The number of nitrogens with one attached hydrogen (secondary N) is 1. The van der Waals surface area contributed by atoms with Crippen molar-refractivity contribution in [1.82, 2.24) is 15.1 Å². The molecule has 120 valence electrons. The summed E-state index contributed by atoms with van der Waals surface area (Å²) in [5.74, 6) is 0. The van der Waals surface area contributed by atoms with Crippen molar-refractivity contribution in [3.05, 3.63) is 0 Å². The van der Waals surface area contributed by atoms with Crippen molar-refractivity contribution >= 4 is 0 Å². The highest BCUT2D eigenvalue weighted by molar-refractivity contribution is 4.81. The third-order valence-corrected chi connectivity index (χ3v) is 4.53. The van der Waals surface area contributed by atoms with Gasteiger partial charge in [0.25, 0.3) is 0 Å². The van der Waals surface area contributed by atoms with Crippen molar-refractivity contribution in [2.45, 2.75) is 40.0 Å². The van der Waals surface area contributed by atoms with Crippen LogP contribution in [0.3, 0.4) is 0 Å². The fourth-order valence-electron chi connectivity index (χ4n) is 2.95. The van der Waals surface area contributed by atoms with E-state index >= 15 is 0 Å². The fraction of sp³-hybridized carbons (Fsp3) is 1.00. The molecule has 0 aromatic rings. The summed E-state index contributed by atoms with van der Waals surface area (Å²) >= 11 is 0. The topological polar surface area (TPSA) is 38.7 Å². The highest BCUT2D eigenvalue weighted by Gasteiger charge is 2.26. The maximum Gasteiger partial charge on any atom is 0.0558 e. The van der Waals surface area contributed by atoms with Gasteiger partial charge in [0.2, 0.25) is 0 Å². The van der Waals surface area contributed by atoms with Gasteiger partial charge in [-0.15, -0.1) is 0 Å². The Bertz CT molecular complexity index is 250. The number of nitrogens with zero attached hydrogens (tertiary/aromatic N) is 2. The van der Waals surface area contributed by atoms with Crippen molar-refractivity contribution in [2.24, 2.45) is 5.41 Å². The van der Waals surface area contributed by atoms with Gasteiger partial charge in [-0.25, -0.2) is 0 Å². The van der Waals surface area contributed by atoms with Crippen molar-refractivity contribution in [3.8, 4) is 0 Å². The van der Waals surface area contributed by atoms with E-state index in [1.54, 1.807) is 0 Å². The number of aliphatic hydroxyl groups excluding tert-OH is 1. The molecule has 1 rings (SSSR count). The first kappa shape index (κ1) is 17.9. The van der Waals surface area contributed by atoms with Crippen LogP contribution in [0.5, 0.6) is 0 Å². The smallest absolute Gasteiger partial charge is 0.0558 e. The van der Waals surface area contributed by atoms with E-state index < -0.39 is 0 Å². The van der Waals surface area contributed by atoms with Crippen LogP contribution in [0.25, 0.3) is 0 Å². The Morgan fingerprint density at radius 2 is 1.80 bits per heavy atom. The number of hydrogen-bond donors (Lipinski definition) is 2. The minimum Gasteiger partial charge on any atom is -0.395 e. The zero-order chi connectivity index (χ0) is 14.8. The van der Waals surface area contributed by atoms with Crippen molar-refractivity contribution in [3.63, 3.8) is 0 Å². The van der Waals surface area contributed by atoms with E-state index in [0.29, 0.717) is 5.41 Å². The van der Waals surface area contributed by atoms with E-state index in [-0.39, 0.29) is 6.61 Å². The van der Waals surface area contributed by atoms with E-state index in [2.05, 4.69) is 35.9 Å². The van der Waals surface area contributed by atoms with E-state index in [9.17, 15) is 0 Å². The average Bonchev–Trinajstić information content (AvgIpc) is 2.65. The van der Waals surface area contributed by atoms with Crippen LogP contribution < -0.4 is 5.32 Å². The monoisotopic (exact) mass is 285 g/mol. The van der Waals surface area contributed by atoms with Gasteiger partial charge >= 0.3 is 0 Å². The van der Waals surface area contributed by atoms with E-state index in [0.717, 1.165) is 39.3 Å². The molecule has 0 aliphatic carbocycles. The third-order valence-electron chi connectivity index (χ3n) is 4.53. The Balaban J connectivity index is 2.40. The summed E-state index contributed by atoms with van der Waals surface area (Å²) in [4.78, 5) is 5.01. The average molecular weight is 285 g/mol. The van der Waals surface area contributed by atoms with Crippen LogP contribution in [-0.2, 0) is 0 Å². The zero-order valence-corrected chi connectivity index (χ0v) is 13.8. The summed E-state index contributed by atoms with van der Waals surface area (Å²) in [6, 6.07) is 0. The van der Waals surface area contributed by atoms with Crippen LogP contribution in [0.15, 0.2) is 0 Å². The van der Waals surface area contributed by atoms with Gasteiger partial charge in [-0.2, -0.15) is 0 Å². The number of β-amino-alcohol motifs (C(OH)–C–C–N with tert-alkyl or cyclic N) is 1. The summed E-state index contributed by atoms with van der Waals surface area (Å²) in [7, 11) is 0. The molecule has 1 fully saturated rings. The Labute approximate surface area is 125 Å². The lowest BCUT2D eigenvalue weighted by Gasteiger charge is -2.35. The molecule has 0 spiro atoms. The molecular weight excluding hydrogens is 250 g/mol. The van der Waals surface area contributed by atoms with Crippen LogP contribution in [0, 0.1) is 5.41 Å². The van der Waals surface area contributed by atoms with Gasteiger partial charge in [0.05, 0.1) is 6.61 Å². The van der Waals surface area contributed by atoms with Crippen molar-refractivity contribution < 1.29 is 5.11 Å². The van der Waals surface area contributed by atoms with Gasteiger partial charge in [0.1, 0.15) is 0 Å². The quantitative estimate of drug-likeness (QED) is 0.628. The molecule has 4 nitrogen and oxygen atoms in total. The van der Waals surface area contributed by atoms with Crippen LogP contribution in [0.1, 0.15) is 40.0 Å². The molecule has 1 aliphatic heterocycles. The highest BCUT2D eigenvalue weighted by Crippen LogP contribution is 2.22. The van der Waals surface area contributed by atoms with Gasteiger partial charge < -0.3 is 15.3 Å². The largest absolute Gasteiger partial charge is 0.395 e. The van der Waals surface area contributed by atoms with Crippen LogP contribution in [-0.4, -0.2) is 73.9 Å². The molecular formula is C16H35N3O. The number of aliphatic hydroxyl groups is 1. The summed E-state index contributed by atoms with van der Waals surface area (Å²) in [5, 5.41) is 12.6. The molecule has 0 saturated carbocycles. The van der Waals surface area contributed by atoms with Gasteiger partial charge in [0.15, 0.2) is 0 Å². The molecule has 1 unspecified atom stereocenters. The Morgan fingerprint density at radius 3 is 2.45 bits per heavy atom. The van der Waals surface area contributed by atoms with Crippen molar-refractivity contribution in [2.75, 3.05) is 59.0 Å². The Kier molecular flexibility index (Phi) is 8.69. The number of rotatable bonds is 9. The molecule has 0 radical (unpaired) electrons. The molecule has 2 N–H and O–H groups in total. The Morgan fingerprint density at radius 1 is 1.10 bits per heavy atom. The summed E-state index contributed by atoms with van der Waals surface area (Å²) in [6.45, 7) is 16.1.